The average molecular weight is 564 g/mol. The van der Waals surface area contributed by atoms with Crippen LogP contribution < -0.4 is 10.7 Å². The van der Waals surface area contributed by atoms with E-state index in [1.807, 2.05) is 43.3 Å². The fraction of sp³-hybridized carbons (Fsp3) is 0.194. The number of carbonyl (C=O) groups excluding carboxylic acids is 2. The van der Waals surface area contributed by atoms with Gasteiger partial charge in [0.2, 0.25) is 5.91 Å². The molecule has 0 aliphatic heterocycles. The minimum atomic E-state index is -4.58. The third-order valence-corrected chi connectivity index (χ3v) is 6.33. The molecular formula is C31H28F3N3O4. The monoisotopic (exact) mass is 563 g/mol. The molecule has 0 spiro atoms. The molecule has 41 heavy (non-hydrogen) atoms. The van der Waals surface area contributed by atoms with Crippen LogP contribution in [0.3, 0.4) is 0 Å². The van der Waals surface area contributed by atoms with E-state index in [1.54, 1.807) is 12.1 Å². The smallest absolute Gasteiger partial charge is 0.416 e. The topological polar surface area (TPSA) is 82.9 Å². The second-order valence-corrected chi connectivity index (χ2v) is 9.50. The van der Waals surface area contributed by atoms with Gasteiger partial charge in [-0.1, -0.05) is 54.1 Å². The van der Waals surface area contributed by atoms with Gasteiger partial charge in [-0.15, -0.1) is 6.58 Å². The number of fused-ring (bicyclic) bond motifs is 1. The van der Waals surface area contributed by atoms with Gasteiger partial charge in [0, 0.05) is 18.8 Å². The number of carbonyl (C=O) groups is 2. The van der Waals surface area contributed by atoms with Crippen molar-refractivity contribution in [2.24, 2.45) is 0 Å². The van der Waals surface area contributed by atoms with E-state index in [-0.39, 0.29) is 36.3 Å². The molecule has 0 saturated heterocycles. The van der Waals surface area contributed by atoms with E-state index >= 15 is 0 Å². The molecule has 4 aromatic rings. The summed E-state index contributed by atoms with van der Waals surface area (Å²) in [7, 11) is 0. The number of nitrogens with zero attached hydrogens (tertiary/aromatic N) is 2. The van der Waals surface area contributed by atoms with E-state index in [1.165, 1.54) is 29.4 Å². The van der Waals surface area contributed by atoms with Gasteiger partial charge in [-0.25, -0.2) is 4.79 Å². The molecule has 0 atom stereocenters. The van der Waals surface area contributed by atoms with Crippen molar-refractivity contribution in [3.05, 3.63) is 124 Å². The number of amides is 3. The average Bonchev–Trinajstić information content (AvgIpc) is 2.94. The third-order valence-electron chi connectivity index (χ3n) is 6.33. The molecule has 7 nitrogen and oxygen atoms in total. The summed E-state index contributed by atoms with van der Waals surface area (Å²) in [5.74, 6) is -0.487. The van der Waals surface area contributed by atoms with E-state index in [0.717, 1.165) is 28.2 Å². The molecule has 3 amide bonds. The van der Waals surface area contributed by atoms with Crippen LogP contribution in [0.15, 0.2) is 101 Å². The van der Waals surface area contributed by atoms with Crippen molar-refractivity contribution in [3.63, 3.8) is 0 Å². The Labute approximate surface area is 234 Å². The Bertz CT molecular complexity index is 1620. The number of alkyl halides is 3. The number of rotatable bonds is 9. The zero-order chi connectivity index (χ0) is 29.6. The summed E-state index contributed by atoms with van der Waals surface area (Å²) in [4.78, 5) is 42.4. The Hall–Kier alpha value is -4.86. The van der Waals surface area contributed by atoms with Crippen molar-refractivity contribution in [3.8, 4) is 0 Å². The summed E-state index contributed by atoms with van der Waals surface area (Å²) in [6.07, 6.45) is -1.85. The Morgan fingerprint density at radius 3 is 2.44 bits per heavy atom. The number of aryl methyl sites for hydroxylation is 1. The minimum Gasteiger partial charge on any atom is -0.464 e. The lowest BCUT2D eigenvalue weighted by molar-refractivity contribution is -0.137. The summed E-state index contributed by atoms with van der Waals surface area (Å²) < 4.78 is 45.0. The molecule has 0 radical (unpaired) electrons. The molecule has 0 unspecified atom stereocenters. The minimum absolute atomic E-state index is 0.0485. The quantitative estimate of drug-likeness (QED) is 0.240. The molecule has 1 aromatic heterocycles. The highest BCUT2D eigenvalue weighted by molar-refractivity contribution is 5.92. The molecule has 4 rings (SSSR count). The molecule has 10 heteroatoms. The van der Waals surface area contributed by atoms with Crippen LogP contribution in [-0.2, 0) is 24.1 Å². The number of halogens is 3. The molecule has 0 fully saturated rings. The molecule has 0 aliphatic rings. The van der Waals surface area contributed by atoms with Gasteiger partial charge in [0.1, 0.15) is 12.1 Å². The van der Waals surface area contributed by atoms with Crippen LogP contribution in [-0.4, -0.2) is 34.8 Å². The van der Waals surface area contributed by atoms with E-state index < -0.39 is 30.2 Å². The van der Waals surface area contributed by atoms with Gasteiger partial charge in [-0.2, -0.15) is 13.2 Å². The molecule has 0 saturated carbocycles. The van der Waals surface area contributed by atoms with Gasteiger partial charge in [0.05, 0.1) is 29.3 Å². The highest BCUT2D eigenvalue weighted by atomic mass is 19.4. The maximum Gasteiger partial charge on any atom is 0.416 e. The lowest BCUT2D eigenvalue weighted by atomic mass is 10.1. The number of hydrogen-bond donors (Lipinski definition) is 1. The summed E-state index contributed by atoms with van der Waals surface area (Å²) in [5, 5.41) is 2.81. The summed E-state index contributed by atoms with van der Waals surface area (Å²) in [6, 6.07) is 17.8. The van der Waals surface area contributed by atoms with Gasteiger partial charge in [0.15, 0.2) is 5.43 Å². The van der Waals surface area contributed by atoms with Crippen LogP contribution in [0.2, 0.25) is 0 Å². The van der Waals surface area contributed by atoms with Crippen LogP contribution in [0.5, 0.6) is 0 Å². The van der Waals surface area contributed by atoms with Crippen molar-refractivity contribution in [1.29, 1.82) is 0 Å². The summed E-state index contributed by atoms with van der Waals surface area (Å²) in [6.45, 7) is 5.07. The first-order chi connectivity index (χ1) is 19.5. The van der Waals surface area contributed by atoms with Gasteiger partial charge in [-0.05, 0) is 42.8 Å². The number of anilines is 1. The SMILES string of the molecule is C=CCN(CC(=O)N(Cc1ccccc1)Cc1coc2ccc(C)cc2c1=O)C(=O)Nc1cccc(C(F)(F)F)c1. The Kier molecular flexibility index (Phi) is 8.91. The third kappa shape index (κ3) is 7.42. The second kappa shape index (κ2) is 12.5. The molecule has 0 aliphatic carbocycles. The first kappa shape index (κ1) is 29.1. The summed E-state index contributed by atoms with van der Waals surface area (Å²) >= 11 is 0. The van der Waals surface area contributed by atoms with Crippen molar-refractivity contribution in [2.75, 3.05) is 18.4 Å². The maximum atomic E-state index is 13.6. The van der Waals surface area contributed by atoms with Crippen molar-refractivity contribution in [2.45, 2.75) is 26.2 Å². The van der Waals surface area contributed by atoms with Crippen molar-refractivity contribution >= 4 is 28.6 Å². The lowest BCUT2D eigenvalue weighted by Gasteiger charge is -2.27. The van der Waals surface area contributed by atoms with Crippen molar-refractivity contribution in [1.82, 2.24) is 9.80 Å². The van der Waals surface area contributed by atoms with Crippen LogP contribution in [0.1, 0.15) is 22.3 Å². The molecule has 1 N–H and O–H groups in total. The second-order valence-electron chi connectivity index (χ2n) is 9.50. The predicted octanol–water partition coefficient (Wildman–Crippen LogP) is 6.37. The van der Waals surface area contributed by atoms with Gasteiger partial charge in [0.25, 0.3) is 0 Å². The van der Waals surface area contributed by atoms with E-state index in [9.17, 15) is 27.6 Å². The van der Waals surface area contributed by atoms with Gasteiger partial charge in [-0.3, -0.25) is 9.59 Å². The molecule has 3 aromatic carbocycles. The van der Waals surface area contributed by atoms with Crippen LogP contribution in [0.4, 0.5) is 23.7 Å². The standard InChI is InChI=1S/C31H28F3N3O4/c1-3-14-36(30(40)35-25-11-7-10-24(16-25)31(32,33)34)19-28(38)37(17-22-8-5-4-6-9-22)18-23-20-41-27-13-12-21(2)15-26(27)29(23)39/h3-13,15-16,20H,1,14,17-19H2,2H3,(H,35,40). The van der Waals surface area contributed by atoms with Gasteiger partial charge >= 0.3 is 12.2 Å². The predicted molar refractivity (Wildman–Crippen MR) is 150 cm³/mol. The molecular weight excluding hydrogens is 535 g/mol. The summed E-state index contributed by atoms with van der Waals surface area (Å²) in [5.41, 5.74) is 1.10. The van der Waals surface area contributed by atoms with Gasteiger partial charge < -0.3 is 19.5 Å². The van der Waals surface area contributed by atoms with Crippen LogP contribution in [0, 0.1) is 6.92 Å². The van der Waals surface area contributed by atoms with E-state index in [0.29, 0.717) is 11.0 Å². The fourth-order valence-corrected chi connectivity index (χ4v) is 4.25. The lowest BCUT2D eigenvalue weighted by Crippen LogP contribution is -2.44. The Morgan fingerprint density at radius 1 is 0.976 bits per heavy atom. The number of hydrogen-bond acceptors (Lipinski definition) is 4. The maximum absolute atomic E-state index is 13.6. The highest BCUT2D eigenvalue weighted by Gasteiger charge is 2.31. The van der Waals surface area contributed by atoms with E-state index in [2.05, 4.69) is 11.9 Å². The largest absolute Gasteiger partial charge is 0.464 e. The van der Waals surface area contributed by atoms with E-state index in [4.69, 9.17) is 4.42 Å². The molecule has 1 heterocycles. The first-order valence-electron chi connectivity index (χ1n) is 12.7. The highest BCUT2D eigenvalue weighted by Crippen LogP contribution is 2.30. The van der Waals surface area contributed by atoms with Crippen LogP contribution >= 0.6 is 0 Å². The molecule has 0 bridgehead atoms. The first-order valence-corrected chi connectivity index (χ1v) is 12.7. The zero-order valence-corrected chi connectivity index (χ0v) is 22.3. The normalized spacial score (nSPS) is 11.2. The number of nitrogens with one attached hydrogen (secondary N) is 1. The van der Waals surface area contributed by atoms with Crippen LogP contribution in [0.25, 0.3) is 11.0 Å². The Morgan fingerprint density at radius 2 is 1.73 bits per heavy atom. The molecule has 212 valence electrons. The number of urea groups is 1. The van der Waals surface area contributed by atoms with Crippen molar-refractivity contribution < 1.29 is 27.2 Å². The zero-order valence-electron chi connectivity index (χ0n) is 22.3. The fourth-order valence-electron chi connectivity index (χ4n) is 4.25. The number of benzene rings is 3. The Balaban J connectivity index is 1.58.